The van der Waals surface area contributed by atoms with Gasteiger partial charge >= 0.3 is 0 Å². The number of hydrogen-bond acceptors (Lipinski definition) is 3. The number of rotatable bonds is 4. The van der Waals surface area contributed by atoms with Crippen LogP contribution in [0.15, 0.2) is 0 Å². The molecule has 1 aliphatic carbocycles. The molecular weight excluding hydrogens is 244 g/mol. The smallest absolute Gasteiger partial charge is 0.225 e. The lowest BCUT2D eigenvalue weighted by molar-refractivity contribution is -0.137. The molecule has 0 aromatic carbocycles. The van der Waals surface area contributed by atoms with Gasteiger partial charge in [-0.3, -0.25) is 4.79 Å². The molecule has 2 fully saturated rings. The number of hydrogen-bond donors (Lipinski definition) is 1. The van der Waals surface area contributed by atoms with Crippen LogP contribution in [0.1, 0.15) is 39.0 Å². The summed E-state index contributed by atoms with van der Waals surface area (Å²) in [6.45, 7) is 4.23. The normalized spacial score (nSPS) is 29.4. The molecule has 2 rings (SSSR count). The van der Waals surface area contributed by atoms with E-state index in [1.165, 1.54) is 25.0 Å². The second-order valence-electron chi connectivity index (χ2n) is 5.52. The molecule has 0 bridgehead atoms. The van der Waals surface area contributed by atoms with Gasteiger partial charge in [-0.15, -0.1) is 0 Å². The molecular formula is C14H26N2OS. The Morgan fingerprint density at radius 3 is 2.67 bits per heavy atom. The van der Waals surface area contributed by atoms with E-state index < -0.39 is 0 Å². The highest BCUT2D eigenvalue weighted by Crippen LogP contribution is 2.33. The predicted octanol–water partition coefficient (Wildman–Crippen LogP) is 2.12. The summed E-state index contributed by atoms with van der Waals surface area (Å²) in [7, 11) is 2.02. The van der Waals surface area contributed by atoms with Crippen molar-refractivity contribution in [1.82, 2.24) is 10.2 Å². The molecule has 2 atom stereocenters. The number of nitrogens with one attached hydrogen (secondary N) is 1. The summed E-state index contributed by atoms with van der Waals surface area (Å²) >= 11 is 2.06. The fourth-order valence-corrected chi connectivity index (χ4v) is 4.33. The van der Waals surface area contributed by atoms with Crippen LogP contribution >= 0.6 is 11.8 Å². The molecule has 1 amide bonds. The van der Waals surface area contributed by atoms with E-state index in [1.807, 2.05) is 7.05 Å². The largest absolute Gasteiger partial charge is 0.342 e. The predicted molar refractivity (Wildman–Crippen MR) is 77.9 cm³/mol. The average molecular weight is 270 g/mol. The van der Waals surface area contributed by atoms with Gasteiger partial charge in [-0.25, -0.2) is 0 Å². The number of amides is 1. The van der Waals surface area contributed by atoms with Gasteiger partial charge in [0.15, 0.2) is 0 Å². The van der Waals surface area contributed by atoms with E-state index in [0.29, 0.717) is 11.9 Å². The van der Waals surface area contributed by atoms with Crippen LogP contribution in [0.5, 0.6) is 0 Å². The lowest BCUT2D eigenvalue weighted by Gasteiger charge is -2.31. The molecule has 1 saturated heterocycles. The zero-order valence-corrected chi connectivity index (χ0v) is 12.5. The lowest BCUT2D eigenvalue weighted by atomic mass is 9.96. The summed E-state index contributed by atoms with van der Waals surface area (Å²) in [6.07, 6.45) is 5.72. The minimum atomic E-state index is 0.272. The van der Waals surface area contributed by atoms with Crippen molar-refractivity contribution in [3.8, 4) is 0 Å². The fraction of sp³-hybridized carbons (Fsp3) is 0.929. The van der Waals surface area contributed by atoms with Crippen LogP contribution in [0.25, 0.3) is 0 Å². The first-order valence-electron chi connectivity index (χ1n) is 7.31. The Hall–Kier alpha value is -0.220. The molecule has 2 unspecified atom stereocenters. The molecule has 104 valence electrons. The number of nitrogens with zero attached hydrogens (tertiary/aromatic N) is 1. The molecule has 0 spiro atoms. The van der Waals surface area contributed by atoms with Crippen LogP contribution in [0, 0.1) is 5.92 Å². The van der Waals surface area contributed by atoms with Gasteiger partial charge in [-0.2, -0.15) is 11.8 Å². The Labute approximate surface area is 115 Å². The highest BCUT2D eigenvalue weighted by molar-refractivity contribution is 7.99. The highest BCUT2D eigenvalue weighted by atomic mass is 32.2. The molecule has 4 heteroatoms. The molecule has 3 nitrogen and oxygen atoms in total. The maximum atomic E-state index is 12.4. The summed E-state index contributed by atoms with van der Waals surface area (Å²) < 4.78 is 0. The van der Waals surface area contributed by atoms with Gasteiger partial charge in [0, 0.05) is 24.3 Å². The van der Waals surface area contributed by atoms with Crippen LogP contribution in [0.3, 0.4) is 0 Å². The second-order valence-corrected chi connectivity index (χ2v) is 7.09. The van der Waals surface area contributed by atoms with Crippen molar-refractivity contribution in [2.24, 2.45) is 5.92 Å². The van der Waals surface area contributed by atoms with Gasteiger partial charge < -0.3 is 10.2 Å². The van der Waals surface area contributed by atoms with E-state index in [9.17, 15) is 4.79 Å². The van der Waals surface area contributed by atoms with Crippen molar-refractivity contribution in [3.05, 3.63) is 0 Å². The number of thioether (sulfide) groups is 1. The first kappa shape index (κ1) is 14.2. The van der Waals surface area contributed by atoms with E-state index >= 15 is 0 Å². The van der Waals surface area contributed by atoms with E-state index in [4.69, 9.17) is 0 Å². The van der Waals surface area contributed by atoms with E-state index in [2.05, 4.69) is 28.9 Å². The molecule has 1 N–H and O–H groups in total. The summed E-state index contributed by atoms with van der Waals surface area (Å²) in [5, 5.41) is 4.11. The standard InChI is InChI=1S/C14H26N2OS/c1-3-18-13-5-4-12(10-13)16(2)14(17)11-6-8-15-9-7-11/h11-13,15H,3-10H2,1-2H3. The van der Waals surface area contributed by atoms with Crippen molar-refractivity contribution in [2.45, 2.75) is 50.3 Å². The van der Waals surface area contributed by atoms with Crippen LogP contribution in [0.4, 0.5) is 0 Å². The number of carbonyl (C=O) groups excluding carboxylic acids is 1. The molecule has 0 aromatic heterocycles. The maximum Gasteiger partial charge on any atom is 0.225 e. The maximum absolute atomic E-state index is 12.4. The first-order valence-corrected chi connectivity index (χ1v) is 8.36. The van der Waals surface area contributed by atoms with Gasteiger partial charge in [-0.1, -0.05) is 6.92 Å². The first-order chi connectivity index (χ1) is 8.72. The number of piperidine rings is 1. The monoisotopic (exact) mass is 270 g/mol. The van der Waals surface area contributed by atoms with Crippen molar-refractivity contribution in [2.75, 3.05) is 25.9 Å². The summed E-state index contributed by atoms with van der Waals surface area (Å²) in [5.41, 5.74) is 0. The Kier molecular flexibility index (Phi) is 5.37. The molecule has 1 heterocycles. The molecule has 0 radical (unpaired) electrons. The van der Waals surface area contributed by atoms with Crippen LogP contribution in [-0.4, -0.2) is 48.0 Å². The topological polar surface area (TPSA) is 32.3 Å². The van der Waals surface area contributed by atoms with Crippen LogP contribution in [-0.2, 0) is 4.79 Å². The van der Waals surface area contributed by atoms with Crippen LogP contribution in [0.2, 0.25) is 0 Å². The third-order valence-corrected chi connectivity index (χ3v) is 5.58. The van der Waals surface area contributed by atoms with E-state index in [1.54, 1.807) is 0 Å². The zero-order valence-electron chi connectivity index (χ0n) is 11.7. The molecule has 18 heavy (non-hydrogen) atoms. The zero-order chi connectivity index (χ0) is 13.0. The fourth-order valence-electron chi connectivity index (χ4n) is 3.19. The van der Waals surface area contributed by atoms with Crippen LogP contribution < -0.4 is 5.32 Å². The van der Waals surface area contributed by atoms with Gasteiger partial charge in [0.05, 0.1) is 0 Å². The van der Waals surface area contributed by atoms with Gasteiger partial charge in [0.2, 0.25) is 5.91 Å². The summed E-state index contributed by atoms with van der Waals surface area (Å²) in [5.74, 6) is 1.86. The van der Waals surface area contributed by atoms with E-state index in [-0.39, 0.29) is 5.92 Å². The van der Waals surface area contributed by atoms with Crippen molar-refractivity contribution in [3.63, 3.8) is 0 Å². The van der Waals surface area contributed by atoms with E-state index in [0.717, 1.165) is 31.2 Å². The van der Waals surface area contributed by atoms with Crippen molar-refractivity contribution < 1.29 is 4.79 Å². The highest BCUT2D eigenvalue weighted by Gasteiger charge is 2.32. The third kappa shape index (κ3) is 3.41. The Balaban J connectivity index is 1.83. The molecule has 1 saturated carbocycles. The minimum absolute atomic E-state index is 0.272. The van der Waals surface area contributed by atoms with Gasteiger partial charge in [0.1, 0.15) is 0 Å². The SMILES string of the molecule is CCSC1CCC(N(C)C(=O)C2CCNCC2)C1. The second kappa shape index (κ2) is 6.80. The average Bonchev–Trinajstić information content (AvgIpc) is 2.87. The quantitative estimate of drug-likeness (QED) is 0.849. The Bertz CT molecular complexity index is 279. The molecule has 0 aromatic rings. The lowest BCUT2D eigenvalue weighted by Crippen LogP contribution is -2.43. The number of carbonyl (C=O) groups is 1. The summed E-state index contributed by atoms with van der Waals surface area (Å²) in [4.78, 5) is 14.5. The Morgan fingerprint density at radius 2 is 2.00 bits per heavy atom. The van der Waals surface area contributed by atoms with Gasteiger partial charge in [0.25, 0.3) is 0 Å². The molecule has 1 aliphatic heterocycles. The minimum Gasteiger partial charge on any atom is -0.342 e. The summed E-state index contributed by atoms with van der Waals surface area (Å²) in [6, 6.07) is 0.497. The van der Waals surface area contributed by atoms with Crippen molar-refractivity contribution >= 4 is 17.7 Å². The molecule has 2 aliphatic rings. The Morgan fingerprint density at radius 1 is 1.28 bits per heavy atom. The van der Waals surface area contributed by atoms with Crippen molar-refractivity contribution in [1.29, 1.82) is 0 Å². The van der Waals surface area contributed by atoms with Gasteiger partial charge in [-0.05, 0) is 50.9 Å². The third-order valence-electron chi connectivity index (χ3n) is 4.34.